The molecule has 2 N–H and O–H groups in total. The van der Waals surface area contributed by atoms with Gasteiger partial charge in [-0.05, 0) is 37.1 Å². The van der Waals surface area contributed by atoms with E-state index in [9.17, 15) is 4.79 Å². The maximum absolute atomic E-state index is 11.9. The van der Waals surface area contributed by atoms with Crippen molar-refractivity contribution in [3.63, 3.8) is 0 Å². The summed E-state index contributed by atoms with van der Waals surface area (Å²) in [6.07, 6.45) is 14.2. The van der Waals surface area contributed by atoms with Crippen molar-refractivity contribution in [1.29, 1.82) is 0 Å². The number of hydrogen-bond donors (Lipinski definition) is 2. The lowest BCUT2D eigenvalue weighted by atomic mass is 10.1. The molecule has 0 unspecified atom stereocenters. The molecule has 0 saturated carbocycles. The Hall–Kier alpha value is -1.30. The van der Waals surface area contributed by atoms with Gasteiger partial charge >= 0.3 is 6.03 Å². The number of halogens is 1. The molecular weight excluding hydrogens is 432 g/mol. The summed E-state index contributed by atoms with van der Waals surface area (Å²) < 4.78 is 0. The van der Waals surface area contributed by atoms with E-state index in [4.69, 9.17) is 11.6 Å². The summed E-state index contributed by atoms with van der Waals surface area (Å²) in [5, 5.41) is 6.80. The number of nitrogens with zero attached hydrogens (tertiary/aromatic N) is 2. The molecule has 5 nitrogen and oxygen atoms in total. The van der Waals surface area contributed by atoms with Crippen LogP contribution in [-0.2, 0) is 6.54 Å². The smallest absolute Gasteiger partial charge is 0.314 e. The van der Waals surface area contributed by atoms with Crippen molar-refractivity contribution in [2.45, 2.75) is 84.1 Å². The summed E-state index contributed by atoms with van der Waals surface area (Å²) in [6.45, 7) is 10.2. The average molecular weight is 479 g/mol. The topological polar surface area (TPSA) is 47.6 Å². The van der Waals surface area contributed by atoms with E-state index >= 15 is 0 Å². The molecular formula is C27H47ClN4O. The standard InChI is InChI=1S/C27H47ClN4O/c1-2-3-4-5-6-7-8-9-10-11-17-29-27(33)30-18-12-19-31-20-22-32(23-21-31)24-25-13-15-26(28)16-14-25/h13-16H,2-12,17-24H2,1H3,(H2,29,30,33). The van der Waals surface area contributed by atoms with Crippen LogP contribution < -0.4 is 10.6 Å². The fourth-order valence-electron chi connectivity index (χ4n) is 4.40. The lowest BCUT2D eigenvalue weighted by Gasteiger charge is -2.34. The van der Waals surface area contributed by atoms with E-state index in [1.165, 1.54) is 63.4 Å². The fourth-order valence-corrected chi connectivity index (χ4v) is 4.53. The van der Waals surface area contributed by atoms with Crippen LogP contribution in [0.1, 0.15) is 83.1 Å². The minimum absolute atomic E-state index is 0.0151. The molecule has 1 aromatic carbocycles. The predicted octanol–water partition coefficient (Wildman–Crippen LogP) is 6.07. The second kappa shape index (κ2) is 18.1. The van der Waals surface area contributed by atoms with Crippen LogP contribution in [0.4, 0.5) is 4.79 Å². The second-order valence-corrected chi connectivity index (χ2v) is 9.90. The van der Waals surface area contributed by atoms with Crippen molar-refractivity contribution in [3.8, 4) is 0 Å². The van der Waals surface area contributed by atoms with Crippen LogP contribution in [0, 0.1) is 0 Å². The third kappa shape index (κ3) is 13.9. The molecule has 2 amide bonds. The Kier molecular flexibility index (Phi) is 15.3. The van der Waals surface area contributed by atoms with Gasteiger partial charge in [-0.2, -0.15) is 0 Å². The van der Waals surface area contributed by atoms with Gasteiger partial charge in [0.1, 0.15) is 0 Å². The van der Waals surface area contributed by atoms with Crippen molar-refractivity contribution in [1.82, 2.24) is 20.4 Å². The summed E-state index contributed by atoms with van der Waals surface area (Å²) in [6, 6.07) is 8.14. The number of benzene rings is 1. The van der Waals surface area contributed by atoms with Crippen molar-refractivity contribution in [2.24, 2.45) is 0 Å². The Labute approximate surface area is 207 Å². The number of carbonyl (C=O) groups excluding carboxylic acids is 1. The maximum Gasteiger partial charge on any atom is 0.314 e. The number of hydrogen-bond acceptors (Lipinski definition) is 3. The van der Waals surface area contributed by atoms with Gasteiger partial charge in [-0.1, -0.05) is 88.4 Å². The molecule has 1 heterocycles. The second-order valence-electron chi connectivity index (χ2n) is 9.46. The largest absolute Gasteiger partial charge is 0.338 e. The van der Waals surface area contributed by atoms with Gasteiger partial charge in [-0.15, -0.1) is 0 Å². The number of carbonyl (C=O) groups is 1. The van der Waals surface area contributed by atoms with Crippen molar-refractivity contribution in [2.75, 3.05) is 45.8 Å². The highest BCUT2D eigenvalue weighted by Crippen LogP contribution is 2.13. The highest BCUT2D eigenvalue weighted by Gasteiger charge is 2.16. The lowest BCUT2D eigenvalue weighted by Crippen LogP contribution is -2.46. The van der Waals surface area contributed by atoms with Crippen molar-refractivity contribution in [3.05, 3.63) is 34.9 Å². The van der Waals surface area contributed by atoms with Gasteiger partial charge < -0.3 is 15.5 Å². The Morgan fingerprint density at radius 3 is 1.88 bits per heavy atom. The van der Waals surface area contributed by atoms with Gasteiger partial charge in [0.2, 0.25) is 0 Å². The van der Waals surface area contributed by atoms with E-state index in [1.54, 1.807) is 0 Å². The van der Waals surface area contributed by atoms with Gasteiger partial charge in [0.05, 0.1) is 0 Å². The molecule has 0 atom stereocenters. The van der Waals surface area contributed by atoms with Crippen LogP contribution in [0.25, 0.3) is 0 Å². The van der Waals surface area contributed by atoms with Crippen LogP contribution in [0.15, 0.2) is 24.3 Å². The zero-order chi connectivity index (χ0) is 23.6. The first-order valence-corrected chi connectivity index (χ1v) is 13.8. The molecule has 0 aliphatic carbocycles. The lowest BCUT2D eigenvalue weighted by molar-refractivity contribution is 0.126. The summed E-state index contributed by atoms with van der Waals surface area (Å²) in [4.78, 5) is 16.9. The van der Waals surface area contributed by atoms with Crippen LogP contribution in [0.2, 0.25) is 5.02 Å². The van der Waals surface area contributed by atoms with Crippen LogP contribution >= 0.6 is 11.6 Å². The minimum atomic E-state index is -0.0151. The Morgan fingerprint density at radius 1 is 0.758 bits per heavy atom. The molecule has 0 bridgehead atoms. The van der Waals surface area contributed by atoms with Crippen LogP contribution in [0.5, 0.6) is 0 Å². The van der Waals surface area contributed by atoms with E-state index in [-0.39, 0.29) is 6.03 Å². The van der Waals surface area contributed by atoms with Gasteiger partial charge in [0.25, 0.3) is 0 Å². The Bertz CT molecular complexity index is 617. The quantitative estimate of drug-likeness (QED) is 0.267. The van der Waals surface area contributed by atoms with Gasteiger partial charge in [-0.25, -0.2) is 4.79 Å². The first-order chi connectivity index (χ1) is 16.2. The molecule has 1 saturated heterocycles. The highest BCUT2D eigenvalue weighted by molar-refractivity contribution is 6.30. The molecule has 0 radical (unpaired) electrons. The number of urea groups is 1. The molecule has 188 valence electrons. The molecule has 33 heavy (non-hydrogen) atoms. The summed E-state index contributed by atoms with van der Waals surface area (Å²) in [5.41, 5.74) is 1.32. The molecule has 0 spiro atoms. The van der Waals surface area contributed by atoms with E-state index in [0.717, 1.165) is 70.2 Å². The van der Waals surface area contributed by atoms with E-state index in [0.29, 0.717) is 0 Å². The van der Waals surface area contributed by atoms with Gasteiger partial charge in [0, 0.05) is 50.8 Å². The molecule has 6 heteroatoms. The molecule has 1 aliphatic heterocycles. The van der Waals surface area contributed by atoms with Gasteiger partial charge in [-0.3, -0.25) is 4.90 Å². The van der Waals surface area contributed by atoms with Crippen LogP contribution in [0.3, 0.4) is 0 Å². The maximum atomic E-state index is 11.9. The van der Waals surface area contributed by atoms with E-state index < -0.39 is 0 Å². The third-order valence-corrected chi connectivity index (χ3v) is 6.79. The summed E-state index contributed by atoms with van der Waals surface area (Å²) in [5.74, 6) is 0. The monoisotopic (exact) mass is 478 g/mol. The van der Waals surface area contributed by atoms with E-state index in [2.05, 4.69) is 39.5 Å². The zero-order valence-corrected chi connectivity index (χ0v) is 21.7. The summed E-state index contributed by atoms with van der Waals surface area (Å²) in [7, 11) is 0. The number of unbranched alkanes of at least 4 members (excludes halogenated alkanes) is 9. The summed E-state index contributed by atoms with van der Waals surface area (Å²) >= 11 is 5.97. The fraction of sp³-hybridized carbons (Fsp3) is 0.741. The molecule has 2 rings (SSSR count). The zero-order valence-electron chi connectivity index (χ0n) is 20.9. The van der Waals surface area contributed by atoms with Crippen molar-refractivity contribution < 1.29 is 4.79 Å². The van der Waals surface area contributed by atoms with Crippen molar-refractivity contribution >= 4 is 17.6 Å². The number of piperazine rings is 1. The van der Waals surface area contributed by atoms with Gasteiger partial charge in [0.15, 0.2) is 0 Å². The average Bonchev–Trinajstić information content (AvgIpc) is 2.83. The first-order valence-electron chi connectivity index (χ1n) is 13.4. The van der Waals surface area contributed by atoms with E-state index in [1.807, 2.05) is 12.1 Å². The Morgan fingerprint density at radius 2 is 1.27 bits per heavy atom. The minimum Gasteiger partial charge on any atom is -0.338 e. The van der Waals surface area contributed by atoms with Crippen LogP contribution in [-0.4, -0.2) is 61.6 Å². The number of nitrogens with one attached hydrogen (secondary N) is 2. The molecule has 1 fully saturated rings. The number of rotatable bonds is 17. The normalized spacial score (nSPS) is 15.0. The molecule has 0 aromatic heterocycles. The third-order valence-electron chi connectivity index (χ3n) is 6.54. The molecule has 1 aromatic rings. The first kappa shape index (κ1) is 27.9. The Balaban J connectivity index is 1.37. The molecule has 1 aliphatic rings. The highest BCUT2D eigenvalue weighted by atomic mass is 35.5. The number of amides is 2. The SMILES string of the molecule is CCCCCCCCCCCCNC(=O)NCCCN1CCN(Cc2ccc(Cl)cc2)CC1. The predicted molar refractivity (Wildman–Crippen MR) is 141 cm³/mol.